The van der Waals surface area contributed by atoms with Crippen LogP contribution in [-0.2, 0) is 0 Å². The van der Waals surface area contributed by atoms with Crippen LogP contribution < -0.4 is 5.73 Å². The summed E-state index contributed by atoms with van der Waals surface area (Å²) >= 11 is 0. The predicted molar refractivity (Wildman–Crippen MR) is 86.6 cm³/mol. The number of hydrogen-bond acceptors (Lipinski definition) is 2. The third-order valence-electron chi connectivity index (χ3n) is 4.98. The minimum absolute atomic E-state index is 0.0650. The molecule has 1 fully saturated rings. The molecule has 2 N–H and O–H groups in total. The molecule has 1 amide bonds. The second kappa shape index (κ2) is 6.65. The lowest BCUT2D eigenvalue weighted by atomic mass is 9.95. The van der Waals surface area contributed by atoms with Crippen molar-refractivity contribution in [2.75, 3.05) is 13.6 Å². The Kier molecular flexibility index (Phi) is 5.09. The number of hydrogen-bond donors (Lipinski definition) is 1. The first-order valence-corrected chi connectivity index (χ1v) is 8.13. The lowest BCUT2D eigenvalue weighted by molar-refractivity contribution is 0.0747. The largest absolute Gasteiger partial charge is 0.345 e. The summed E-state index contributed by atoms with van der Waals surface area (Å²) in [5.41, 5.74) is 8.83. The van der Waals surface area contributed by atoms with Crippen LogP contribution in [0.2, 0.25) is 0 Å². The molecule has 1 heterocycles. The Morgan fingerprint density at radius 3 is 2.57 bits per heavy atom. The number of nitrogens with zero attached hydrogens (tertiary/aromatic N) is 2. The predicted octanol–water partition coefficient (Wildman–Crippen LogP) is 3.03. The summed E-state index contributed by atoms with van der Waals surface area (Å²) in [4.78, 5) is 14.4. The average Bonchev–Trinajstić information content (AvgIpc) is 2.80. The van der Waals surface area contributed by atoms with Crippen LogP contribution in [0.4, 0.5) is 0 Å². The zero-order chi connectivity index (χ0) is 15.6. The van der Waals surface area contributed by atoms with Crippen LogP contribution in [0.3, 0.4) is 0 Å². The van der Waals surface area contributed by atoms with Crippen molar-refractivity contribution in [1.82, 2.24) is 9.47 Å². The molecule has 0 radical (unpaired) electrons. The number of amides is 1. The first-order valence-electron chi connectivity index (χ1n) is 8.13. The van der Waals surface area contributed by atoms with E-state index in [0.717, 1.165) is 11.3 Å². The number of aromatic nitrogens is 1. The van der Waals surface area contributed by atoms with Crippen LogP contribution in [0.5, 0.6) is 0 Å². The van der Waals surface area contributed by atoms with Crippen molar-refractivity contribution in [2.24, 2.45) is 5.73 Å². The number of likely N-dealkylation sites (N-methyl/N-ethyl adjacent to an activating group) is 1. The van der Waals surface area contributed by atoms with Gasteiger partial charge in [0.25, 0.3) is 5.91 Å². The highest BCUT2D eigenvalue weighted by Gasteiger charge is 2.25. The Morgan fingerprint density at radius 2 is 2.00 bits per heavy atom. The summed E-state index contributed by atoms with van der Waals surface area (Å²) in [6.07, 6.45) is 6.42. The van der Waals surface area contributed by atoms with Crippen LogP contribution in [0, 0.1) is 13.8 Å². The average molecular weight is 291 g/mol. The van der Waals surface area contributed by atoms with Gasteiger partial charge >= 0.3 is 0 Å². The van der Waals surface area contributed by atoms with Crippen LogP contribution >= 0.6 is 0 Å². The molecule has 0 saturated heterocycles. The Labute approximate surface area is 128 Å². The Bertz CT molecular complexity index is 500. The van der Waals surface area contributed by atoms with Gasteiger partial charge in [0, 0.05) is 37.1 Å². The van der Waals surface area contributed by atoms with E-state index in [1.54, 1.807) is 4.90 Å². The molecule has 0 aliphatic heterocycles. The SMILES string of the molecule is Cc1cc(C(=O)N(C)C(C)CN)c(C)n1C1CCCCC1. The molecule has 1 aromatic rings. The van der Waals surface area contributed by atoms with Crippen molar-refractivity contribution in [3.05, 3.63) is 23.0 Å². The Balaban J connectivity index is 2.28. The monoisotopic (exact) mass is 291 g/mol. The van der Waals surface area contributed by atoms with Gasteiger partial charge in [0.1, 0.15) is 0 Å². The van der Waals surface area contributed by atoms with Gasteiger partial charge < -0.3 is 15.2 Å². The zero-order valence-electron chi connectivity index (χ0n) is 13.9. The van der Waals surface area contributed by atoms with Gasteiger partial charge in [-0.25, -0.2) is 0 Å². The van der Waals surface area contributed by atoms with Gasteiger partial charge in [-0.3, -0.25) is 4.79 Å². The molecule has 4 nitrogen and oxygen atoms in total. The maximum absolute atomic E-state index is 12.7. The maximum Gasteiger partial charge on any atom is 0.255 e. The smallest absolute Gasteiger partial charge is 0.255 e. The first kappa shape index (κ1) is 16.1. The first-order chi connectivity index (χ1) is 9.97. The summed E-state index contributed by atoms with van der Waals surface area (Å²) in [5, 5.41) is 0. The molecule has 1 atom stereocenters. The molecule has 21 heavy (non-hydrogen) atoms. The lowest BCUT2D eigenvalue weighted by Crippen LogP contribution is -2.39. The van der Waals surface area contributed by atoms with Gasteiger partial charge in [0.05, 0.1) is 5.56 Å². The van der Waals surface area contributed by atoms with Gasteiger partial charge in [-0.1, -0.05) is 19.3 Å². The zero-order valence-corrected chi connectivity index (χ0v) is 13.9. The summed E-state index contributed by atoms with van der Waals surface area (Å²) in [6, 6.07) is 2.68. The summed E-state index contributed by atoms with van der Waals surface area (Å²) in [6.45, 7) is 6.67. The fourth-order valence-corrected chi connectivity index (χ4v) is 3.44. The van der Waals surface area contributed by atoms with Gasteiger partial charge in [-0.15, -0.1) is 0 Å². The lowest BCUT2D eigenvalue weighted by Gasteiger charge is -2.27. The molecule has 0 aromatic carbocycles. The highest BCUT2D eigenvalue weighted by Crippen LogP contribution is 2.32. The van der Waals surface area contributed by atoms with E-state index < -0.39 is 0 Å². The third kappa shape index (κ3) is 3.15. The van der Waals surface area contributed by atoms with E-state index in [0.29, 0.717) is 12.6 Å². The minimum Gasteiger partial charge on any atom is -0.345 e. The van der Waals surface area contributed by atoms with E-state index in [2.05, 4.69) is 18.4 Å². The van der Waals surface area contributed by atoms with E-state index in [4.69, 9.17) is 5.73 Å². The number of aryl methyl sites for hydroxylation is 1. The van der Waals surface area contributed by atoms with Crippen LogP contribution in [0.25, 0.3) is 0 Å². The molecular weight excluding hydrogens is 262 g/mol. The highest BCUT2D eigenvalue weighted by atomic mass is 16.2. The molecular formula is C17H29N3O. The van der Waals surface area contributed by atoms with Gasteiger partial charge in [-0.2, -0.15) is 0 Å². The van der Waals surface area contributed by atoms with E-state index in [9.17, 15) is 4.79 Å². The minimum atomic E-state index is 0.0650. The summed E-state index contributed by atoms with van der Waals surface area (Å²) < 4.78 is 2.38. The van der Waals surface area contributed by atoms with E-state index in [1.807, 2.05) is 20.0 Å². The molecule has 1 saturated carbocycles. The van der Waals surface area contributed by atoms with Crippen molar-refractivity contribution in [3.8, 4) is 0 Å². The second-order valence-corrected chi connectivity index (χ2v) is 6.45. The molecule has 4 heteroatoms. The number of carbonyl (C=O) groups excluding carboxylic acids is 1. The standard InChI is InChI=1S/C17H29N3O/c1-12-10-16(17(21)19(4)13(2)11-18)14(3)20(12)15-8-6-5-7-9-15/h10,13,15H,5-9,11,18H2,1-4H3. The van der Waals surface area contributed by atoms with Crippen molar-refractivity contribution in [3.63, 3.8) is 0 Å². The van der Waals surface area contributed by atoms with Gasteiger partial charge in [0.2, 0.25) is 0 Å². The number of nitrogens with two attached hydrogens (primary N) is 1. The van der Waals surface area contributed by atoms with Crippen LogP contribution in [0.15, 0.2) is 6.07 Å². The van der Waals surface area contributed by atoms with Crippen molar-refractivity contribution in [1.29, 1.82) is 0 Å². The molecule has 1 aromatic heterocycles. The number of carbonyl (C=O) groups is 1. The molecule has 118 valence electrons. The highest BCUT2D eigenvalue weighted by molar-refractivity contribution is 5.95. The van der Waals surface area contributed by atoms with Crippen LogP contribution in [0.1, 0.15) is 66.8 Å². The number of rotatable bonds is 4. The third-order valence-corrected chi connectivity index (χ3v) is 4.98. The van der Waals surface area contributed by atoms with Gasteiger partial charge in [0.15, 0.2) is 0 Å². The topological polar surface area (TPSA) is 51.3 Å². The fourth-order valence-electron chi connectivity index (χ4n) is 3.44. The quantitative estimate of drug-likeness (QED) is 0.927. The molecule has 0 bridgehead atoms. The van der Waals surface area contributed by atoms with Crippen molar-refractivity contribution in [2.45, 2.75) is 65.0 Å². The van der Waals surface area contributed by atoms with E-state index in [1.165, 1.54) is 37.8 Å². The molecule has 1 unspecified atom stereocenters. The molecule has 0 spiro atoms. The van der Waals surface area contributed by atoms with Gasteiger partial charge in [-0.05, 0) is 39.7 Å². The van der Waals surface area contributed by atoms with E-state index in [-0.39, 0.29) is 11.9 Å². The second-order valence-electron chi connectivity index (χ2n) is 6.45. The maximum atomic E-state index is 12.7. The molecule has 1 aliphatic carbocycles. The normalized spacial score (nSPS) is 17.8. The summed E-state index contributed by atoms with van der Waals surface area (Å²) in [5.74, 6) is 0.0862. The van der Waals surface area contributed by atoms with Crippen LogP contribution in [-0.4, -0.2) is 35.0 Å². The fraction of sp³-hybridized carbons (Fsp3) is 0.706. The van der Waals surface area contributed by atoms with E-state index >= 15 is 0 Å². The van der Waals surface area contributed by atoms with Crippen molar-refractivity contribution < 1.29 is 4.79 Å². The summed E-state index contributed by atoms with van der Waals surface area (Å²) in [7, 11) is 1.84. The Morgan fingerprint density at radius 1 is 1.38 bits per heavy atom. The molecule has 1 aliphatic rings. The molecule has 2 rings (SSSR count). The Hall–Kier alpha value is -1.29. The van der Waals surface area contributed by atoms with Crippen molar-refractivity contribution >= 4 is 5.91 Å².